The lowest BCUT2D eigenvalue weighted by Crippen LogP contribution is -2.48. The minimum absolute atomic E-state index is 0.0314. The molecule has 0 atom stereocenters. The van der Waals surface area contributed by atoms with Crippen molar-refractivity contribution in [2.45, 2.75) is 38.0 Å². The van der Waals surface area contributed by atoms with Gasteiger partial charge in [0.05, 0.1) is 11.3 Å². The molecule has 0 bridgehead atoms. The van der Waals surface area contributed by atoms with Crippen molar-refractivity contribution in [1.82, 2.24) is 15.0 Å². The summed E-state index contributed by atoms with van der Waals surface area (Å²) in [4.78, 5) is 30.9. The quantitative estimate of drug-likeness (QED) is 0.504. The molecular formula is C25H21F3N6O3. The molecule has 12 heteroatoms. The number of ether oxygens (including phenoxy) is 2. The van der Waals surface area contributed by atoms with Gasteiger partial charge in [0.1, 0.15) is 29.3 Å². The van der Waals surface area contributed by atoms with Crippen LogP contribution in [0.5, 0.6) is 11.6 Å². The number of rotatable bonds is 3. The van der Waals surface area contributed by atoms with E-state index < -0.39 is 23.4 Å². The summed E-state index contributed by atoms with van der Waals surface area (Å²) in [6.45, 7) is 2.73. The van der Waals surface area contributed by atoms with E-state index in [-0.39, 0.29) is 17.3 Å². The van der Waals surface area contributed by atoms with Gasteiger partial charge < -0.3 is 14.4 Å². The van der Waals surface area contributed by atoms with Crippen LogP contribution in [-0.4, -0.2) is 39.8 Å². The largest absolute Gasteiger partial charge is 0.439 e. The molecule has 0 saturated carbocycles. The first-order valence-corrected chi connectivity index (χ1v) is 11.7. The Bertz CT molecular complexity index is 1430. The molecule has 6 rings (SSSR count). The van der Waals surface area contributed by atoms with E-state index in [1.54, 1.807) is 31.3 Å². The second-order valence-corrected chi connectivity index (χ2v) is 9.21. The molecule has 37 heavy (non-hydrogen) atoms. The number of anilines is 2. The van der Waals surface area contributed by atoms with Crippen molar-refractivity contribution in [3.63, 3.8) is 0 Å². The average Bonchev–Trinajstić information content (AvgIpc) is 3.23. The number of carbonyl (C=O) groups excluding carboxylic acids is 1. The maximum absolute atomic E-state index is 13.7. The van der Waals surface area contributed by atoms with Crippen LogP contribution >= 0.6 is 0 Å². The number of carbonyl (C=O) groups is 1. The lowest BCUT2D eigenvalue weighted by Gasteiger charge is -2.44. The average molecular weight is 510 g/mol. The van der Waals surface area contributed by atoms with Crippen molar-refractivity contribution in [2.75, 3.05) is 23.3 Å². The van der Waals surface area contributed by atoms with E-state index >= 15 is 0 Å². The lowest BCUT2D eigenvalue weighted by molar-refractivity contribution is -0.137. The summed E-state index contributed by atoms with van der Waals surface area (Å²) in [5.74, 6) is 1.21. The number of benzene rings is 1. The van der Waals surface area contributed by atoms with Crippen LogP contribution in [-0.2, 0) is 22.9 Å². The van der Waals surface area contributed by atoms with Crippen LogP contribution in [0.2, 0.25) is 0 Å². The molecule has 0 aliphatic carbocycles. The van der Waals surface area contributed by atoms with E-state index in [9.17, 15) is 18.0 Å². The zero-order chi connectivity index (χ0) is 25.8. The number of pyridine rings is 1. The predicted octanol–water partition coefficient (Wildman–Crippen LogP) is 5.39. The van der Waals surface area contributed by atoms with Crippen LogP contribution < -0.4 is 15.0 Å². The Morgan fingerprint density at radius 2 is 1.95 bits per heavy atom. The van der Waals surface area contributed by atoms with Gasteiger partial charge >= 0.3 is 12.3 Å². The first-order chi connectivity index (χ1) is 17.7. The van der Waals surface area contributed by atoms with Crippen LogP contribution in [0.1, 0.15) is 36.5 Å². The van der Waals surface area contributed by atoms with Gasteiger partial charge in [-0.15, -0.1) is 0 Å². The van der Waals surface area contributed by atoms with Gasteiger partial charge in [0.2, 0.25) is 5.88 Å². The third kappa shape index (κ3) is 4.21. The monoisotopic (exact) mass is 510 g/mol. The molecule has 0 radical (unpaired) electrons. The first-order valence-electron chi connectivity index (χ1n) is 11.7. The zero-order valence-electron chi connectivity index (χ0n) is 19.7. The Morgan fingerprint density at radius 3 is 2.73 bits per heavy atom. The van der Waals surface area contributed by atoms with Gasteiger partial charge in [-0.1, -0.05) is 0 Å². The van der Waals surface area contributed by atoms with Gasteiger partial charge in [0.25, 0.3) is 0 Å². The van der Waals surface area contributed by atoms with E-state index in [1.807, 2.05) is 11.0 Å². The number of aromatic nitrogens is 3. The highest BCUT2D eigenvalue weighted by Crippen LogP contribution is 2.45. The maximum atomic E-state index is 13.7. The minimum Gasteiger partial charge on any atom is -0.439 e. The van der Waals surface area contributed by atoms with E-state index in [0.717, 1.165) is 11.6 Å². The third-order valence-electron chi connectivity index (χ3n) is 6.77. The highest BCUT2D eigenvalue weighted by Gasteiger charge is 2.45. The van der Waals surface area contributed by atoms with E-state index in [0.29, 0.717) is 55.3 Å². The highest BCUT2D eigenvalue weighted by molar-refractivity contribution is 5.93. The van der Waals surface area contributed by atoms with Gasteiger partial charge in [-0.3, -0.25) is 10.3 Å². The van der Waals surface area contributed by atoms with Crippen molar-refractivity contribution >= 4 is 29.1 Å². The molecule has 9 nitrogen and oxygen atoms in total. The number of hydrogen-bond donors (Lipinski definition) is 1. The Labute approximate surface area is 209 Å². The Morgan fingerprint density at radius 1 is 1.14 bits per heavy atom. The summed E-state index contributed by atoms with van der Waals surface area (Å²) < 4.78 is 52.5. The number of nitrogens with one attached hydrogen (secondary N) is 1. The fourth-order valence-corrected chi connectivity index (χ4v) is 5.09. The van der Waals surface area contributed by atoms with Crippen molar-refractivity contribution in [3.8, 4) is 11.6 Å². The van der Waals surface area contributed by atoms with Crippen LogP contribution in [0.3, 0.4) is 0 Å². The van der Waals surface area contributed by atoms with Gasteiger partial charge in [0.15, 0.2) is 0 Å². The number of amides is 1. The van der Waals surface area contributed by atoms with Gasteiger partial charge in [-0.25, -0.2) is 19.7 Å². The van der Waals surface area contributed by atoms with Crippen molar-refractivity contribution in [2.24, 2.45) is 4.99 Å². The fourth-order valence-electron chi connectivity index (χ4n) is 5.09. The Balaban J connectivity index is 1.22. The zero-order valence-corrected chi connectivity index (χ0v) is 19.7. The standard InChI is InChI=1S/C25H21F3N6O3/c1-14-9-15-10-16(11-18(21(15)32-14)25(26,27)28)36-20-12-19(30-13-31-20)34-7-4-24(5-8-34)17-3-2-6-29-22(17)33-23(35)37-24/h2-3,6,10-13H,4-5,7-9H2,1H3,(H,29,33,35). The molecule has 3 aliphatic heterocycles. The normalized spacial score (nSPS) is 18.0. The molecule has 1 spiro atoms. The van der Waals surface area contributed by atoms with Gasteiger partial charge in [-0.2, -0.15) is 13.2 Å². The number of aliphatic imine (C=N–C) groups is 1. The molecular weight excluding hydrogens is 489 g/mol. The van der Waals surface area contributed by atoms with Crippen molar-refractivity contribution in [1.29, 1.82) is 0 Å². The molecule has 1 N–H and O–H groups in total. The molecule has 1 saturated heterocycles. The number of hydrogen-bond acceptors (Lipinski definition) is 8. The molecule has 3 aromatic rings. The molecule has 0 unspecified atom stereocenters. The third-order valence-corrected chi connectivity index (χ3v) is 6.77. The number of alkyl halides is 3. The predicted molar refractivity (Wildman–Crippen MR) is 127 cm³/mol. The topological polar surface area (TPSA) is 102 Å². The lowest BCUT2D eigenvalue weighted by atomic mass is 9.83. The molecule has 1 fully saturated rings. The van der Waals surface area contributed by atoms with Crippen LogP contribution in [0.4, 0.5) is 35.3 Å². The number of nitrogens with zero attached hydrogens (tertiary/aromatic N) is 5. The first kappa shape index (κ1) is 23.2. The summed E-state index contributed by atoms with van der Waals surface area (Å²) >= 11 is 0. The summed E-state index contributed by atoms with van der Waals surface area (Å²) in [7, 11) is 0. The molecule has 1 aromatic carbocycles. The summed E-state index contributed by atoms with van der Waals surface area (Å²) in [6.07, 6.45) is -0.821. The fraction of sp³-hybridized carbons (Fsp3) is 0.320. The van der Waals surface area contributed by atoms with Crippen molar-refractivity contribution < 1.29 is 27.4 Å². The summed E-state index contributed by atoms with van der Waals surface area (Å²) in [5, 5.41) is 2.64. The van der Waals surface area contributed by atoms with E-state index in [2.05, 4.69) is 25.3 Å². The Hall–Kier alpha value is -4.22. The van der Waals surface area contributed by atoms with Crippen LogP contribution in [0.25, 0.3) is 0 Å². The van der Waals surface area contributed by atoms with E-state index in [1.165, 1.54) is 6.33 Å². The SMILES string of the molecule is CC1=Nc2c(cc(Oc3cc(N4CCC5(CC4)OC(=O)Nc4ncccc45)ncn3)cc2C(F)(F)F)C1. The molecule has 5 heterocycles. The van der Waals surface area contributed by atoms with Gasteiger partial charge in [-0.05, 0) is 36.8 Å². The number of piperidine rings is 1. The van der Waals surface area contributed by atoms with E-state index in [4.69, 9.17) is 9.47 Å². The summed E-state index contributed by atoms with van der Waals surface area (Å²) in [5.41, 5.74) is 0.231. The molecule has 2 aromatic heterocycles. The molecule has 190 valence electrons. The molecule has 3 aliphatic rings. The second-order valence-electron chi connectivity index (χ2n) is 9.21. The smallest absolute Gasteiger partial charge is 0.418 e. The second kappa shape index (κ2) is 8.43. The summed E-state index contributed by atoms with van der Waals surface area (Å²) in [6, 6.07) is 7.80. The van der Waals surface area contributed by atoms with Gasteiger partial charge in [0, 0.05) is 55.9 Å². The van der Waals surface area contributed by atoms with Crippen LogP contribution in [0, 0.1) is 0 Å². The number of fused-ring (bicyclic) bond motifs is 3. The molecule has 1 amide bonds. The maximum Gasteiger partial charge on any atom is 0.418 e. The highest BCUT2D eigenvalue weighted by atomic mass is 19.4. The van der Waals surface area contributed by atoms with Crippen molar-refractivity contribution in [3.05, 3.63) is 59.5 Å². The van der Waals surface area contributed by atoms with Crippen LogP contribution in [0.15, 0.2) is 47.8 Å². The Kier molecular flexibility index (Phi) is 5.28. The number of halogens is 3. The minimum atomic E-state index is -4.57.